The maximum Gasteiger partial charge on any atom is 0.175 e. The first-order chi connectivity index (χ1) is 7.58. The molecule has 1 atom stereocenters. The Morgan fingerprint density at radius 3 is 2.56 bits per heavy atom. The van der Waals surface area contributed by atoms with Crippen LogP contribution in [0.4, 0.5) is 0 Å². The molecule has 0 fully saturated rings. The van der Waals surface area contributed by atoms with Crippen LogP contribution in [0.1, 0.15) is 5.56 Å². The Balaban J connectivity index is 3.16. The van der Waals surface area contributed by atoms with Crippen LogP contribution in [-0.2, 0) is 0 Å². The van der Waals surface area contributed by atoms with Crippen LogP contribution < -0.4 is 0 Å². The molecule has 1 aromatic carbocycles. The van der Waals surface area contributed by atoms with Crippen LogP contribution in [0.25, 0.3) is 6.08 Å². The minimum Gasteiger partial charge on any atom is -0.373 e. The summed E-state index contributed by atoms with van der Waals surface area (Å²) in [5.74, 6) is 0. The molecule has 0 aliphatic rings. The monoisotopic (exact) mass is 252 g/mol. The summed E-state index contributed by atoms with van der Waals surface area (Å²) < 4.78 is 0. The Bertz CT molecular complexity index is 512. The number of nitrogens with zero attached hydrogens (tertiary/aromatic N) is 2. The highest BCUT2D eigenvalue weighted by molar-refractivity contribution is 6.35. The smallest absolute Gasteiger partial charge is 0.175 e. The van der Waals surface area contributed by atoms with E-state index in [2.05, 4.69) is 0 Å². The van der Waals surface area contributed by atoms with Crippen molar-refractivity contribution in [2.75, 3.05) is 0 Å². The number of nitriles is 2. The van der Waals surface area contributed by atoms with E-state index in [1.807, 2.05) is 0 Å². The van der Waals surface area contributed by atoms with Crippen molar-refractivity contribution in [1.29, 1.82) is 10.5 Å². The van der Waals surface area contributed by atoms with E-state index in [-0.39, 0.29) is 5.57 Å². The number of hydrogen-bond donors (Lipinski definition) is 1. The van der Waals surface area contributed by atoms with Crippen molar-refractivity contribution in [3.8, 4) is 12.1 Å². The van der Waals surface area contributed by atoms with Crippen LogP contribution >= 0.6 is 23.2 Å². The molecule has 0 aromatic heterocycles. The van der Waals surface area contributed by atoms with Gasteiger partial charge in [0, 0.05) is 10.0 Å². The molecule has 1 rings (SSSR count). The molecule has 0 amide bonds. The number of rotatable bonds is 2. The molecule has 0 radical (unpaired) electrons. The van der Waals surface area contributed by atoms with Crippen LogP contribution in [-0.4, -0.2) is 11.2 Å². The Kier molecular flexibility index (Phi) is 4.34. The topological polar surface area (TPSA) is 67.8 Å². The molecule has 5 heteroatoms. The molecular weight excluding hydrogens is 247 g/mol. The van der Waals surface area contributed by atoms with Crippen molar-refractivity contribution < 1.29 is 5.11 Å². The molecule has 3 nitrogen and oxygen atoms in total. The molecule has 1 N–H and O–H groups in total. The minimum absolute atomic E-state index is 0.0632. The third-order valence-corrected chi connectivity index (χ3v) is 2.38. The fourth-order valence-corrected chi connectivity index (χ4v) is 1.49. The number of hydrogen-bond acceptors (Lipinski definition) is 3. The average molecular weight is 253 g/mol. The minimum atomic E-state index is -1.45. The van der Waals surface area contributed by atoms with Crippen LogP contribution in [0.2, 0.25) is 10.0 Å². The van der Waals surface area contributed by atoms with E-state index in [9.17, 15) is 5.11 Å². The van der Waals surface area contributed by atoms with Gasteiger partial charge in [-0.25, -0.2) is 0 Å². The van der Waals surface area contributed by atoms with Crippen molar-refractivity contribution in [2.24, 2.45) is 0 Å². The summed E-state index contributed by atoms with van der Waals surface area (Å²) >= 11 is 11.6. The van der Waals surface area contributed by atoms with Crippen molar-refractivity contribution in [2.45, 2.75) is 6.10 Å². The molecule has 0 saturated carbocycles. The second-order valence-corrected chi connectivity index (χ2v) is 3.75. The van der Waals surface area contributed by atoms with Crippen LogP contribution in [0.3, 0.4) is 0 Å². The first-order valence-corrected chi connectivity index (χ1v) is 4.98. The largest absolute Gasteiger partial charge is 0.373 e. The lowest BCUT2D eigenvalue weighted by atomic mass is 10.1. The van der Waals surface area contributed by atoms with E-state index in [0.29, 0.717) is 15.6 Å². The van der Waals surface area contributed by atoms with Gasteiger partial charge in [0.1, 0.15) is 0 Å². The van der Waals surface area contributed by atoms with E-state index < -0.39 is 6.10 Å². The lowest BCUT2D eigenvalue weighted by Crippen LogP contribution is -2.04. The lowest BCUT2D eigenvalue weighted by molar-refractivity contribution is 0.271. The zero-order chi connectivity index (χ0) is 12.1. The van der Waals surface area contributed by atoms with Gasteiger partial charge in [-0.05, 0) is 23.8 Å². The summed E-state index contributed by atoms with van der Waals surface area (Å²) in [4.78, 5) is 0. The van der Waals surface area contributed by atoms with Gasteiger partial charge in [0.05, 0.1) is 17.7 Å². The molecule has 0 aliphatic heterocycles. The molecular formula is C11H6Cl2N2O. The van der Waals surface area contributed by atoms with Gasteiger partial charge in [-0.3, -0.25) is 0 Å². The quantitative estimate of drug-likeness (QED) is 0.650. The van der Waals surface area contributed by atoms with Gasteiger partial charge < -0.3 is 5.11 Å². The molecule has 0 aliphatic carbocycles. The van der Waals surface area contributed by atoms with E-state index in [1.165, 1.54) is 12.1 Å². The van der Waals surface area contributed by atoms with Gasteiger partial charge in [0.15, 0.2) is 6.10 Å². The van der Waals surface area contributed by atoms with E-state index in [0.717, 1.165) is 0 Å². The molecule has 0 bridgehead atoms. The number of aliphatic hydroxyl groups excluding tert-OH is 1. The lowest BCUT2D eigenvalue weighted by Gasteiger charge is -2.02. The zero-order valence-corrected chi connectivity index (χ0v) is 9.50. The van der Waals surface area contributed by atoms with Gasteiger partial charge in [0.2, 0.25) is 0 Å². The van der Waals surface area contributed by atoms with Crippen molar-refractivity contribution in [1.82, 2.24) is 0 Å². The normalized spacial score (nSPS) is 12.7. The third kappa shape index (κ3) is 2.98. The Morgan fingerprint density at radius 2 is 2.06 bits per heavy atom. The highest BCUT2D eigenvalue weighted by Gasteiger charge is 2.09. The molecule has 1 unspecified atom stereocenters. The molecule has 0 heterocycles. The summed E-state index contributed by atoms with van der Waals surface area (Å²) in [7, 11) is 0. The predicted molar refractivity (Wildman–Crippen MR) is 61.7 cm³/mol. The first kappa shape index (κ1) is 12.5. The molecule has 16 heavy (non-hydrogen) atoms. The first-order valence-electron chi connectivity index (χ1n) is 4.23. The highest BCUT2D eigenvalue weighted by Crippen LogP contribution is 2.23. The van der Waals surface area contributed by atoms with E-state index in [4.69, 9.17) is 33.7 Å². The predicted octanol–water partition coefficient (Wildman–Crippen LogP) is 2.78. The van der Waals surface area contributed by atoms with Crippen molar-refractivity contribution in [3.05, 3.63) is 39.4 Å². The SMILES string of the molecule is N#CC(=Cc1ccc(Cl)cc1Cl)C(O)C#N. The van der Waals surface area contributed by atoms with Gasteiger partial charge >= 0.3 is 0 Å². The van der Waals surface area contributed by atoms with Gasteiger partial charge in [-0.2, -0.15) is 10.5 Å². The highest BCUT2D eigenvalue weighted by atomic mass is 35.5. The van der Waals surface area contributed by atoms with E-state index >= 15 is 0 Å². The molecule has 80 valence electrons. The summed E-state index contributed by atoms with van der Waals surface area (Å²) in [5.41, 5.74) is 0.462. The number of halogens is 2. The molecule has 0 saturated heterocycles. The second-order valence-electron chi connectivity index (χ2n) is 2.91. The fourth-order valence-electron chi connectivity index (χ4n) is 1.03. The van der Waals surface area contributed by atoms with Crippen LogP contribution in [0.15, 0.2) is 23.8 Å². The summed E-state index contributed by atoms with van der Waals surface area (Å²) in [6.07, 6.45) is -0.0937. The molecule has 0 spiro atoms. The number of aliphatic hydroxyl groups is 1. The van der Waals surface area contributed by atoms with Crippen LogP contribution in [0.5, 0.6) is 0 Å². The molecule has 1 aromatic rings. The Morgan fingerprint density at radius 1 is 1.38 bits per heavy atom. The van der Waals surface area contributed by atoms with Crippen molar-refractivity contribution in [3.63, 3.8) is 0 Å². The van der Waals surface area contributed by atoms with E-state index in [1.54, 1.807) is 24.3 Å². The third-order valence-electron chi connectivity index (χ3n) is 1.82. The van der Waals surface area contributed by atoms with Gasteiger partial charge in [0.25, 0.3) is 0 Å². The van der Waals surface area contributed by atoms with Gasteiger partial charge in [-0.1, -0.05) is 29.3 Å². The Labute approximate surface area is 103 Å². The fraction of sp³-hybridized carbons (Fsp3) is 0.0909. The summed E-state index contributed by atoms with van der Waals surface area (Å²) in [6.45, 7) is 0. The standard InChI is InChI=1S/C11H6Cl2N2O/c12-9-2-1-7(10(13)4-9)3-8(5-14)11(16)6-15/h1-4,11,16H. The van der Waals surface area contributed by atoms with Gasteiger partial charge in [-0.15, -0.1) is 0 Å². The Hall–Kier alpha value is -1.52. The maximum atomic E-state index is 9.20. The zero-order valence-electron chi connectivity index (χ0n) is 7.98. The van der Waals surface area contributed by atoms with Crippen LogP contribution in [0, 0.1) is 22.7 Å². The maximum absolute atomic E-state index is 9.20. The summed E-state index contributed by atoms with van der Waals surface area (Å²) in [5, 5.41) is 27.2. The van der Waals surface area contributed by atoms with Crippen molar-refractivity contribution >= 4 is 29.3 Å². The summed E-state index contributed by atoms with van der Waals surface area (Å²) in [6, 6.07) is 8.03. The average Bonchev–Trinajstić information content (AvgIpc) is 2.27. The second kappa shape index (κ2) is 5.53. The number of benzene rings is 1.